The Balaban J connectivity index is 2.57. The van der Waals surface area contributed by atoms with Crippen LogP contribution in [0.3, 0.4) is 0 Å². The molecule has 0 heterocycles. The molecular weight excluding hydrogens is 282 g/mol. The van der Waals surface area contributed by atoms with Crippen LogP contribution in [0.1, 0.15) is 16.8 Å². The van der Waals surface area contributed by atoms with Crippen molar-refractivity contribution in [2.75, 3.05) is 33.5 Å². The first-order valence-corrected chi connectivity index (χ1v) is 6.28. The Morgan fingerprint density at radius 2 is 2.05 bits per heavy atom. The Kier molecular flexibility index (Phi) is 7.13. The number of methoxy groups -OCH3 is 1. The van der Waals surface area contributed by atoms with E-state index in [0.29, 0.717) is 13.2 Å². The first-order chi connectivity index (χ1) is 10.1. The highest BCUT2D eigenvalue weighted by Gasteiger charge is 2.25. The fraction of sp³-hybridized carbons (Fsp3) is 0.462. The van der Waals surface area contributed by atoms with Gasteiger partial charge in [-0.1, -0.05) is 6.07 Å². The zero-order chi connectivity index (χ0) is 15.7. The molecule has 0 atom stereocenters. The number of benzene rings is 1. The maximum absolute atomic E-state index is 11.0. The predicted octanol–water partition coefficient (Wildman–Crippen LogP) is 1.72. The van der Waals surface area contributed by atoms with E-state index in [9.17, 15) is 14.9 Å². The molecule has 1 N–H and O–H groups in total. The standard InChI is InChI=1S/C13H17NO7/c1-19-6-3-7-20-8-9-21-11-5-2-4-10(13(15)16)12(11)14(17)18/h2,4-5H,3,6-9H2,1H3,(H,15,16). The molecule has 0 spiro atoms. The van der Waals surface area contributed by atoms with Crippen molar-refractivity contribution in [2.24, 2.45) is 0 Å². The Morgan fingerprint density at radius 3 is 2.67 bits per heavy atom. The quantitative estimate of drug-likeness (QED) is 0.398. The monoisotopic (exact) mass is 299 g/mol. The number of hydrogen-bond acceptors (Lipinski definition) is 6. The average molecular weight is 299 g/mol. The molecule has 1 aromatic carbocycles. The van der Waals surface area contributed by atoms with Gasteiger partial charge in [0.05, 0.1) is 11.5 Å². The summed E-state index contributed by atoms with van der Waals surface area (Å²) in [6.07, 6.45) is 0.741. The highest BCUT2D eigenvalue weighted by Crippen LogP contribution is 2.30. The van der Waals surface area contributed by atoms with Gasteiger partial charge in [-0.05, 0) is 18.6 Å². The summed E-state index contributed by atoms with van der Waals surface area (Å²) in [5.74, 6) is -1.46. The molecule has 0 aliphatic rings. The first kappa shape index (κ1) is 16.9. The third kappa shape index (κ3) is 5.36. The summed E-state index contributed by atoms with van der Waals surface area (Å²) in [4.78, 5) is 21.2. The van der Waals surface area contributed by atoms with Crippen molar-refractivity contribution in [1.82, 2.24) is 0 Å². The number of aromatic carboxylic acids is 1. The third-order valence-electron chi connectivity index (χ3n) is 2.53. The van der Waals surface area contributed by atoms with Crippen LogP contribution in [-0.4, -0.2) is 49.5 Å². The van der Waals surface area contributed by atoms with Crippen LogP contribution >= 0.6 is 0 Å². The van der Waals surface area contributed by atoms with Gasteiger partial charge in [0.25, 0.3) is 0 Å². The van der Waals surface area contributed by atoms with E-state index in [1.165, 1.54) is 12.1 Å². The molecule has 0 aliphatic carbocycles. The average Bonchev–Trinajstić information content (AvgIpc) is 2.45. The molecule has 116 valence electrons. The van der Waals surface area contributed by atoms with E-state index in [-0.39, 0.29) is 19.0 Å². The second kappa shape index (κ2) is 8.88. The van der Waals surface area contributed by atoms with Crippen molar-refractivity contribution in [3.63, 3.8) is 0 Å². The van der Waals surface area contributed by atoms with E-state index in [0.717, 1.165) is 12.5 Å². The van der Waals surface area contributed by atoms with Gasteiger partial charge in [0.2, 0.25) is 0 Å². The van der Waals surface area contributed by atoms with Crippen molar-refractivity contribution in [2.45, 2.75) is 6.42 Å². The van der Waals surface area contributed by atoms with E-state index < -0.39 is 22.1 Å². The van der Waals surface area contributed by atoms with E-state index in [1.807, 2.05) is 0 Å². The van der Waals surface area contributed by atoms with E-state index in [1.54, 1.807) is 7.11 Å². The summed E-state index contributed by atoms with van der Waals surface area (Å²) < 4.78 is 15.3. The Bertz CT molecular complexity index is 489. The van der Waals surface area contributed by atoms with Crippen molar-refractivity contribution < 1.29 is 29.0 Å². The van der Waals surface area contributed by atoms with Gasteiger partial charge in [-0.25, -0.2) is 4.79 Å². The lowest BCUT2D eigenvalue weighted by Crippen LogP contribution is -2.11. The smallest absolute Gasteiger partial charge is 0.342 e. The molecule has 0 saturated heterocycles. The Labute approximate surface area is 121 Å². The molecule has 1 aromatic rings. The molecule has 0 fully saturated rings. The number of hydrogen-bond donors (Lipinski definition) is 1. The number of ether oxygens (including phenoxy) is 3. The largest absolute Gasteiger partial charge is 0.484 e. The molecular formula is C13H17NO7. The summed E-state index contributed by atoms with van der Waals surface area (Å²) in [5.41, 5.74) is -0.956. The summed E-state index contributed by atoms with van der Waals surface area (Å²) in [6.45, 7) is 1.43. The molecule has 0 aromatic heterocycles. The molecule has 0 saturated carbocycles. The van der Waals surface area contributed by atoms with Crippen molar-refractivity contribution >= 4 is 11.7 Å². The molecule has 0 unspecified atom stereocenters. The second-order valence-electron chi connectivity index (χ2n) is 4.02. The van der Waals surface area contributed by atoms with Gasteiger partial charge in [-0.3, -0.25) is 10.1 Å². The molecule has 0 amide bonds. The van der Waals surface area contributed by atoms with Crippen LogP contribution in [0.5, 0.6) is 5.75 Å². The number of carboxylic acids is 1. The van der Waals surface area contributed by atoms with Crippen LogP contribution < -0.4 is 4.74 Å². The minimum Gasteiger partial charge on any atom is -0.484 e. The van der Waals surface area contributed by atoms with Crippen LogP contribution in [0.2, 0.25) is 0 Å². The lowest BCUT2D eigenvalue weighted by Gasteiger charge is -2.08. The van der Waals surface area contributed by atoms with Gasteiger partial charge in [-0.2, -0.15) is 0 Å². The van der Waals surface area contributed by atoms with E-state index in [2.05, 4.69) is 0 Å². The number of nitro groups is 1. The minimum absolute atomic E-state index is 0.0830. The maximum Gasteiger partial charge on any atom is 0.342 e. The van der Waals surface area contributed by atoms with Crippen LogP contribution in [0.25, 0.3) is 0 Å². The molecule has 1 rings (SSSR count). The molecule has 0 radical (unpaired) electrons. The Hall–Kier alpha value is -2.19. The summed E-state index contributed by atoms with van der Waals surface area (Å²) in [7, 11) is 1.59. The van der Waals surface area contributed by atoms with Crippen LogP contribution in [0.15, 0.2) is 18.2 Å². The maximum atomic E-state index is 11.0. The predicted molar refractivity (Wildman–Crippen MR) is 72.9 cm³/mol. The molecule has 0 aliphatic heterocycles. The normalized spacial score (nSPS) is 10.3. The molecule has 21 heavy (non-hydrogen) atoms. The number of nitrogens with zero attached hydrogens (tertiary/aromatic N) is 1. The number of nitro benzene ring substituents is 1. The fourth-order valence-corrected chi connectivity index (χ4v) is 1.62. The second-order valence-corrected chi connectivity index (χ2v) is 4.02. The zero-order valence-corrected chi connectivity index (χ0v) is 11.6. The zero-order valence-electron chi connectivity index (χ0n) is 11.6. The highest BCUT2D eigenvalue weighted by atomic mass is 16.6. The molecule has 8 heteroatoms. The van der Waals surface area contributed by atoms with Crippen LogP contribution in [0.4, 0.5) is 5.69 Å². The molecule has 8 nitrogen and oxygen atoms in total. The van der Waals surface area contributed by atoms with Gasteiger partial charge in [-0.15, -0.1) is 0 Å². The molecule has 0 bridgehead atoms. The van der Waals surface area contributed by atoms with E-state index >= 15 is 0 Å². The van der Waals surface area contributed by atoms with E-state index in [4.69, 9.17) is 19.3 Å². The minimum atomic E-state index is -1.37. The number of carboxylic acid groups (broad SMARTS) is 1. The SMILES string of the molecule is COCCCOCCOc1cccc(C(=O)O)c1[N+](=O)[O-]. The van der Waals surface area contributed by atoms with Gasteiger partial charge >= 0.3 is 11.7 Å². The lowest BCUT2D eigenvalue weighted by molar-refractivity contribution is -0.386. The summed E-state index contributed by atoms with van der Waals surface area (Å²) >= 11 is 0. The van der Waals surface area contributed by atoms with Gasteiger partial charge in [0.15, 0.2) is 5.75 Å². The lowest BCUT2D eigenvalue weighted by atomic mass is 10.1. The number of carbonyl (C=O) groups is 1. The number of rotatable bonds is 10. The summed E-state index contributed by atoms with van der Waals surface area (Å²) in [6, 6.07) is 3.91. The Morgan fingerprint density at radius 1 is 1.29 bits per heavy atom. The van der Waals surface area contributed by atoms with Crippen molar-refractivity contribution in [3.05, 3.63) is 33.9 Å². The summed E-state index contributed by atoms with van der Waals surface area (Å²) in [5, 5.41) is 19.9. The highest BCUT2D eigenvalue weighted by molar-refractivity contribution is 5.93. The van der Waals surface area contributed by atoms with Crippen LogP contribution in [0, 0.1) is 10.1 Å². The first-order valence-electron chi connectivity index (χ1n) is 6.28. The van der Waals surface area contributed by atoms with Gasteiger partial charge in [0, 0.05) is 20.3 Å². The topological polar surface area (TPSA) is 108 Å². The number of para-hydroxylation sites is 1. The van der Waals surface area contributed by atoms with Gasteiger partial charge < -0.3 is 19.3 Å². The van der Waals surface area contributed by atoms with Crippen molar-refractivity contribution in [1.29, 1.82) is 0 Å². The van der Waals surface area contributed by atoms with Crippen molar-refractivity contribution in [3.8, 4) is 5.75 Å². The van der Waals surface area contributed by atoms with Crippen LogP contribution in [-0.2, 0) is 9.47 Å². The third-order valence-corrected chi connectivity index (χ3v) is 2.53. The fourth-order valence-electron chi connectivity index (χ4n) is 1.62. The van der Waals surface area contributed by atoms with Gasteiger partial charge in [0.1, 0.15) is 12.2 Å².